The molecule has 0 aliphatic carbocycles. The molecule has 0 unspecified atom stereocenters. The summed E-state index contributed by atoms with van der Waals surface area (Å²) in [5.74, 6) is 0.563. The average Bonchev–Trinajstić information content (AvgIpc) is 2.24. The van der Waals surface area contributed by atoms with Crippen LogP contribution in [0.1, 0.15) is 0 Å². The Morgan fingerprint density at radius 2 is 2.07 bits per heavy atom. The van der Waals surface area contributed by atoms with Crippen LogP contribution >= 0.6 is 0 Å². The first kappa shape index (κ1) is 9.58. The van der Waals surface area contributed by atoms with Crippen LogP contribution in [0.5, 0.6) is 11.5 Å². The first-order valence-electron chi connectivity index (χ1n) is 4.50. The standard InChI is InChI=1S/C11H11NO3/c1-12-6-5-7-9(15-2)4-3-8(13)10(7)11(12)14/h3-6,13H,1-2H3. The van der Waals surface area contributed by atoms with E-state index in [9.17, 15) is 9.90 Å². The molecule has 2 aromatic rings. The quantitative estimate of drug-likeness (QED) is 0.762. The number of methoxy groups -OCH3 is 1. The molecule has 0 saturated heterocycles. The fourth-order valence-corrected chi connectivity index (χ4v) is 1.59. The van der Waals surface area contributed by atoms with Crippen molar-refractivity contribution in [2.24, 2.45) is 7.05 Å². The van der Waals surface area contributed by atoms with Crippen LogP contribution in [0.2, 0.25) is 0 Å². The van der Waals surface area contributed by atoms with Crippen LogP contribution in [0.15, 0.2) is 29.2 Å². The number of hydrogen-bond donors (Lipinski definition) is 1. The minimum atomic E-state index is -0.232. The number of pyridine rings is 1. The monoisotopic (exact) mass is 205 g/mol. The Bertz CT molecular complexity index is 572. The zero-order valence-corrected chi connectivity index (χ0v) is 8.52. The number of ether oxygens (including phenoxy) is 1. The number of aromatic nitrogens is 1. The summed E-state index contributed by atoms with van der Waals surface area (Å²) in [6.45, 7) is 0. The van der Waals surface area contributed by atoms with E-state index < -0.39 is 0 Å². The summed E-state index contributed by atoms with van der Waals surface area (Å²) in [6.07, 6.45) is 1.65. The molecule has 1 aromatic heterocycles. The number of fused-ring (bicyclic) bond motifs is 1. The summed E-state index contributed by atoms with van der Waals surface area (Å²) in [6, 6.07) is 4.84. The van der Waals surface area contributed by atoms with Gasteiger partial charge in [0.2, 0.25) is 0 Å². The molecule has 4 nitrogen and oxygen atoms in total. The number of aryl methyl sites for hydroxylation is 1. The van der Waals surface area contributed by atoms with Gasteiger partial charge in [-0.1, -0.05) is 0 Å². The molecule has 0 bridgehead atoms. The SMILES string of the molecule is COc1ccc(O)c2c(=O)n(C)ccc12. The van der Waals surface area contributed by atoms with Crippen LogP contribution in [0.4, 0.5) is 0 Å². The van der Waals surface area contributed by atoms with E-state index in [0.717, 1.165) is 0 Å². The summed E-state index contributed by atoms with van der Waals surface area (Å²) in [5.41, 5.74) is -0.232. The van der Waals surface area contributed by atoms with Crippen molar-refractivity contribution < 1.29 is 9.84 Å². The van der Waals surface area contributed by atoms with E-state index in [1.54, 1.807) is 25.4 Å². The summed E-state index contributed by atoms with van der Waals surface area (Å²) in [4.78, 5) is 11.8. The zero-order chi connectivity index (χ0) is 11.0. The molecule has 0 amide bonds. The van der Waals surface area contributed by atoms with Gasteiger partial charge >= 0.3 is 0 Å². The number of benzene rings is 1. The summed E-state index contributed by atoms with van der Waals surface area (Å²) >= 11 is 0. The van der Waals surface area contributed by atoms with Gasteiger partial charge in [0.1, 0.15) is 11.5 Å². The topological polar surface area (TPSA) is 51.5 Å². The number of phenolic OH excluding ortho intramolecular Hbond substituents is 1. The molecule has 2 rings (SSSR count). The number of nitrogens with zero attached hydrogens (tertiary/aromatic N) is 1. The van der Waals surface area contributed by atoms with Gasteiger partial charge in [0.15, 0.2) is 0 Å². The second-order valence-corrected chi connectivity index (χ2v) is 3.31. The molecule has 1 aromatic carbocycles. The highest BCUT2D eigenvalue weighted by Gasteiger charge is 2.09. The van der Waals surface area contributed by atoms with Gasteiger partial charge in [-0.3, -0.25) is 4.79 Å². The van der Waals surface area contributed by atoms with Crippen LogP contribution < -0.4 is 10.3 Å². The van der Waals surface area contributed by atoms with Crippen molar-refractivity contribution in [2.75, 3.05) is 7.11 Å². The van der Waals surface area contributed by atoms with Crippen molar-refractivity contribution in [3.63, 3.8) is 0 Å². The Morgan fingerprint density at radius 3 is 2.73 bits per heavy atom. The highest BCUT2D eigenvalue weighted by Crippen LogP contribution is 2.29. The van der Waals surface area contributed by atoms with Crippen molar-refractivity contribution in [1.29, 1.82) is 0 Å². The molecule has 0 radical (unpaired) electrons. The minimum Gasteiger partial charge on any atom is -0.507 e. The average molecular weight is 205 g/mol. The molecule has 4 heteroatoms. The predicted octanol–water partition coefficient (Wildman–Crippen LogP) is 1.25. The zero-order valence-electron chi connectivity index (χ0n) is 8.52. The Morgan fingerprint density at radius 1 is 1.33 bits per heavy atom. The lowest BCUT2D eigenvalue weighted by atomic mass is 10.1. The Labute approximate surface area is 86.3 Å². The van der Waals surface area contributed by atoms with Crippen molar-refractivity contribution in [2.45, 2.75) is 0 Å². The van der Waals surface area contributed by atoms with Gasteiger partial charge in [-0.2, -0.15) is 0 Å². The molecule has 0 fully saturated rings. The Kier molecular flexibility index (Phi) is 2.11. The molecular weight excluding hydrogens is 194 g/mol. The normalized spacial score (nSPS) is 10.5. The van der Waals surface area contributed by atoms with Crippen molar-refractivity contribution in [3.8, 4) is 11.5 Å². The van der Waals surface area contributed by atoms with E-state index in [1.165, 1.54) is 17.7 Å². The first-order valence-corrected chi connectivity index (χ1v) is 4.50. The lowest BCUT2D eigenvalue weighted by Gasteiger charge is -2.07. The van der Waals surface area contributed by atoms with E-state index in [1.807, 2.05) is 0 Å². The molecule has 0 atom stereocenters. The molecule has 0 aliphatic heterocycles. The predicted molar refractivity (Wildman–Crippen MR) is 57.4 cm³/mol. The van der Waals surface area contributed by atoms with Crippen molar-refractivity contribution in [1.82, 2.24) is 4.57 Å². The molecule has 1 N–H and O–H groups in total. The first-order chi connectivity index (χ1) is 7.15. The molecular formula is C11H11NO3. The summed E-state index contributed by atoms with van der Waals surface area (Å²) in [5, 5.41) is 10.5. The maximum atomic E-state index is 11.8. The summed E-state index contributed by atoms with van der Waals surface area (Å²) in [7, 11) is 3.17. The number of phenols is 1. The van der Waals surface area contributed by atoms with Crippen LogP contribution in [-0.4, -0.2) is 16.8 Å². The lowest BCUT2D eigenvalue weighted by Crippen LogP contribution is -2.15. The molecule has 0 spiro atoms. The number of rotatable bonds is 1. The van der Waals surface area contributed by atoms with Gasteiger partial charge in [0.05, 0.1) is 12.5 Å². The number of aromatic hydroxyl groups is 1. The van der Waals surface area contributed by atoms with Gasteiger partial charge < -0.3 is 14.4 Å². The third kappa shape index (κ3) is 1.34. The second kappa shape index (κ2) is 3.31. The van der Waals surface area contributed by atoms with E-state index in [-0.39, 0.29) is 11.3 Å². The van der Waals surface area contributed by atoms with Gasteiger partial charge in [0.25, 0.3) is 5.56 Å². The van der Waals surface area contributed by atoms with Crippen LogP contribution in [0.25, 0.3) is 10.8 Å². The molecule has 0 aliphatic rings. The smallest absolute Gasteiger partial charge is 0.262 e. The van der Waals surface area contributed by atoms with Gasteiger partial charge in [0, 0.05) is 18.6 Å². The summed E-state index contributed by atoms with van der Waals surface area (Å²) < 4.78 is 6.54. The van der Waals surface area contributed by atoms with Gasteiger partial charge in [-0.15, -0.1) is 0 Å². The highest BCUT2D eigenvalue weighted by molar-refractivity contribution is 5.92. The lowest BCUT2D eigenvalue weighted by molar-refractivity contribution is 0.418. The van der Waals surface area contributed by atoms with E-state index in [2.05, 4.69) is 0 Å². The largest absolute Gasteiger partial charge is 0.507 e. The van der Waals surface area contributed by atoms with Crippen LogP contribution in [-0.2, 0) is 7.05 Å². The molecule has 1 heterocycles. The molecule has 15 heavy (non-hydrogen) atoms. The van der Waals surface area contributed by atoms with Crippen LogP contribution in [0.3, 0.4) is 0 Å². The molecule has 0 saturated carbocycles. The maximum Gasteiger partial charge on any atom is 0.262 e. The van der Waals surface area contributed by atoms with E-state index >= 15 is 0 Å². The van der Waals surface area contributed by atoms with Crippen molar-refractivity contribution >= 4 is 10.8 Å². The van der Waals surface area contributed by atoms with Gasteiger partial charge in [-0.25, -0.2) is 0 Å². The van der Waals surface area contributed by atoms with Crippen molar-refractivity contribution in [3.05, 3.63) is 34.7 Å². The third-order valence-corrected chi connectivity index (χ3v) is 2.40. The second-order valence-electron chi connectivity index (χ2n) is 3.31. The van der Waals surface area contributed by atoms with Crippen LogP contribution in [0, 0.1) is 0 Å². The fraction of sp³-hybridized carbons (Fsp3) is 0.182. The minimum absolute atomic E-state index is 0.0213. The highest BCUT2D eigenvalue weighted by atomic mass is 16.5. The Hall–Kier alpha value is -1.97. The molecule has 78 valence electrons. The third-order valence-electron chi connectivity index (χ3n) is 2.40. The van der Waals surface area contributed by atoms with Gasteiger partial charge in [-0.05, 0) is 18.2 Å². The van der Waals surface area contributed by atoms with E-state index in [0.29, 0.717) is 16.5 Å². The number of hydrogen-bond acceptors (Lipinski definition) is 3. The Balaban J connectivity index is 3.00. The fourth-order valence-electron chi connectivity index (χ4n) is 1.59. The van der Waals surface area contributed by atoms with E-state index in [4.69, 9.17) is 4.74 Å². The maximum absolute atomic E-state index is 11.8.